The molecule has 0 radical (unpaired) electrons. The number of rotatable bonds is 10. The van der Waals surface area contributed by atoms with Crippen molar-refractivity contribution in [3.8, 4) is 0 Å². The second-order valence-corrected chi connectivity index (χ2v) is 5.23. The number of carbonyl (C=O) groups excluding carboxylic acids is 1. The molecule has 0 aromatic heterocycles. The molecule has 0 spiro atoms. The number of nitrogens with one attached hydrogen (secondary N) is 2. The number of likely N-dealkylation sites (N-methyl/N-ethyl adjacent to an activating group) is 1. The van der Waals surface area contributed by atoms with Gasteiger partial charge in [0.1, 0.15) is 0 Å². The maximum absolute atomic E-state index is 11.2. The maximum Gasteiger partial charge on any atom is 0.219 e. The monoisotopic (exact) mass is 286 g/mol. The highest BCUT2D eigenvalue weighted by atomic mass is 16.7. The molecule has 2 N–H and O–H groups in total. The summed E-state index contributed by atoms with van der Waals surface area (Å²) in [6.45, 7) is 7.51. The first kappa shape index (κ1) is 17.4. The Hall–Kier alpha value is -0.650. The molecule has 0 heterocycles. The molecule has 0 unspecified atom stereocenters. The van der Waals surface area contributed by atoms with Crippen molar-refractivity contribution in [3.63, 3.8) is 0 Å². The fraction of sp³-hybridized carbons (Fsp3) is 0.933. The van der Waals surface area contributed by atoms with E-state index in [1.807, 2.05) is 6.92 Å². The largest absolute Gasteiger partial charge is 0.354 e. The van der Waals surface area contributed by atoms with E-state index in [-0.39, 0.29) is 5.91 Å². The quantitative estimate of drug-likeness (QED) is 0.475. The highest BCUT2D eigenvalue weighted by molar-refractivity contribution is 5.75. The summed E-state index contributed by atoms with van der Waals surface area (Å²) >= 11 is 0. The van der Waals surface area contributed by atoms with Gasteiger partial charge in [-0.25, -0.2) is 0 Å². The van der Waals surface area contributed by atoms with Crippen LogP contribution in [-0.2, 0) is 14.3 Å². The molecule has 1 saturated carbocycles. The van der Waals surface area contributed by atoms with E-state index in [0.717, 1.165) is 38.8 Å². The van der Waals surface area contributed by atoms with Gasteiger partial charge in [-0.2, -0.15) is 0 Å². The summed E-state index contributed by atoms with van der Waals surface area (Å²) in [4.78, 5) is 11.2. The van der Waals surface area contributed by atoms with Crippen LogP contribution in [-0.4, -0.2) is 44.5 Å². The molecule has 0 saturated heterocycles. The molecular weight excluding hydrogens is 256 g/mol. The molecule has 1 aliphatic rings. The Balaban J connectivity index is 2.29. The summed E-state index contributed by atoms with van der Waals surface area (Å²) in [5.41, 5.74) is 0. The molecule has 1 aliphatic carbocycles. The first-order valence-electron chi connectivity index (χ1n) is 7.98. The zero-order valence-corrected chi connectivity index (χ0v) is 13.0. The minimum Gasteiger partial charge on any atom is -0.354 e. The summed E-state index contributed by atoms with van der Waals surface area (Å²) < 4.78 is 12.0. The molecule has 0 aromatic rings. The SMILES string of the molecule is CCNCCOC1(OCCNC(=O)CC)CCCCC1. The standard InChI is InChI=1S/C15H30N2O3/c1-3-14(18)17-11-13-20-15(8-6-5-7-9-15)19-12-10-16-4-2/h16H,3-13H2,1-2H3,(H,17,18). The van der Waals surface area contributed by atoms with Gasteiger partial charge in [0.2, 0.25) is 5.91 Å². The van der Waals surface area contributed by atoms with E-state index in [1.165, 1.54) is 6.42 Å². The van der Waals surface area contributed by atoms with Crippen LogP contribution in [0.2, 0.25) is 0 Å². The average Bonchev–Trinajstić information content (AvgIpc) is 2.49. The van der Waals surface area contributed by atoms with Gasteiger partial charge in [0.05, 0.1) is 13.2 Å². The summed E-state index contributed by atoms with van der Waals surface area (Å²) in [5, 5.41) is 6.09. The Kier molecular flexibility index (Phi) is 8.82. The van der Waals surface area contributed by atoms with Crippen molar-refractivity contribution in [1.82, 2.24) is 10.6 Å². The van der Waals surface area contributed by atoms with E-state index in [4.69, 9.17) is 9.47 Å². The van der Waals surface area contributed by atoms with Crippen molar-refractivity contribution in [3.05, 3.63) is 0 Å². The van der Waals surface area contributed by atoms with Crippen LogP contribution in [0.15, 0.2) is 0 Å². The third-order valence-corrected chi connectivity index (χ3v) is 3.62. The van der Waals surface area contributed by atoms with Gasteiger partial charge in [-0.05, 0) is 19.4 Å². The first-order chi connectivity index (χ1) is 9.72. The molecule has 0 bridgehead atoms. The van der Waals surface area contributed by atoms with Crippen LogP contribution in [0.5, 0.6) is 0 Å². The smallest absolute Gasteiger partial charge is 0.219 e. The molecule has 5 nitrogen and oxygen atoms in total. The summed E-state index contributed by atoms with van der Waals surface area (Å²) in [5.74, 6) is -0.357. The van der Waals surface area contributed by atoms with Gasteiger partial charge in [0, 0.05) is 32.4 Å². The van der Waals surface area contributed by atoms with Crippen LogP contribution in [0.3, 0.4) is 0 Å². The zero-order chi connectivity index (χ0) is 14.7. The summed E-state index contributed by atoms with van der Waals surface area (Å²) in [7, 11) is 0. The van der Waals surface area contributed by atoms with Gasteiger partial charge in [-0.15, -0.1) is 0 Å². The van der Waals surface area contributed by atoms with E-state index in [2.05, 4.69) is 17.6 Å². The van der Waals surface area contributed by atoms with E-state index < -0.39 is 5.79 Å². The first-order valence-corrected chi connectivity index (χ1v) is 7.98. The predicted molar refractivity (Wildman–Crippen MR) is 79.6 cm³/mol. The highest BCUT2D eigenvalue weighted by Crippen LogP contribution is 2.32. The van der Waals surface area contributed by atoms with Gasteiger partial charge in [-0.3, -0.25) is 4.79 Å². The number of hydrogen-bond donors (Lipinski definition) is 2. The van der Waals surface area contributed by atoms with Crippen molar-refractivity contribution < 1.29 is 14.3 Å². The zero-order valence-electron chi connectivity index (χ0n) is 13.0. The highest BCUT2D eigenvalue weighted by Gasteiger charge is 2.33. The molecule has 5 heteroatoms. The lowest BCUT2D eigenvalue weighted by Gasteiger charge is -2.37. The van der Waals surface area contributed by atoms with Crippen LogP contribution in [0.25, 0.3) is 0 Å². The Morgan fingerprint density at radius 1 is 1.05 bits per heavy atom. The summed E-state index contributed by atoms with van der Waals surface area (Å²) in [6.07, 6.45) is 6.01. The van der Waals surface area contributed by atoms with E-state index in [1.54, 1.807) is 0 Å². The Morgan fingerprint density at radius 2 is 1.70 bits per heavy atom. The average molecular weight is 286 g/mol. The van der Waals surface area contributed by atoms with Crippen LogP contribution < -0.4 is 10.6 Å². The lowest BCUT2D eigenvalue weighted by atomic mass is 9.94. The van der Waals surface area contributed by atoms with E-state index >= 15 is 0 Å². The molecule has 1 fully saturated rings. The molecule has 0 aromatic carbocycles. The van der Waals surface area contributed by atoms with E-state index in [0.29, 0.717) is 26.2 Å². The molecule has 20 heavy (non-hydrogen) atoms. The van der Waals surface area contributed by atoms with Crippen molar-refractivity contribution in [2.75, 3.05) is 32.8 Å². The Morgan fingerprint density at radius 3 is 2.30 bits per heavy atom. The topological polar surface area (TPSA) is 59.6 Å². The summed E-state index contributed by atoms with van der Waals surface area (Å²) in [6, 6.07) is 0. The number of amides is 1. The lowest BCUT2D eigenvalue weighted by Crippen LogP contribution is -2.42. The van der Waals surface area contributed by atoms with Gasteiger partial charge in [0.15, 0.2) is 5.79 Å². The van der Waals surface area contributed by atoms with Crippen molar-refractivity contribution in [2.45, 2.75) is 58.2 Å². The minimum atomic E-state index is -0.426. The molecule has 1 amide bonds. The fourth-order valence-corrected chi connectivity index (χ4v) is 2.46. The van der Waals surface area contributed by atoms with Crippen LogP contribution in [0.4, 0.5) is 0 Å². The van der Waals surface area contributed by atoms with Gasteiger partial charge < -0.3 is 20.1 Å². The molecular formula is C15H30N2O3. The Bertz CT molecular complexity index is 266. The maximum atomic E-state index is 11.2. The van der Waals surface area contributed by atoms with Crippen molar-refractivity contribution in [2.24, 2.45) is 0 Å². The molecule has 0 atom stereocenters. The van der Waals surface area contributed by atoms with Crippen LogP contribution in [0.1, 0.15) is 52.4 Å². The lowest BCUT2D eigenvalue weighted by molar-refractivity contribution is -0.250. The van der Waals surface area contributed by atoms with Gasteiger partial charge >= 0.3 is 0 Å². The van der Waals surface area contributed by atoms with Gasteiger partial charge in [0.25, 0.3) is 0 Å². The molecule has 0 aliphatic heterocycles. The van der Waals surface area contributed by atoms with Gasteiger partial charge in [-0.1, -0.05) is 20.3 Å². The normalized spacial score (nSPS) is 17.9. The second kappa shape index (κ2) is 10.1. The Labute approximate surface area is 122 Å². The number of carbonyl (C=O) groups is 1. The van der Waals surface area contributed by atoms with Crippen molar-refractivity contribution >= 4 is 5.91 Å². The van der Waals surface area contributed by atoms with Crippen LogP contribution in [0, 0.1) is 0 Å². The number of hydrogen-bond acceptors (Lipinski definition) is 4. The fourth-order valence-electron chi connectivity index (χ4n) is 2.46. The predicted octanol–water partition coefficient (Wildman–Crippen LogP) is 1.82. The molecule has 1 rings (SSSR count). The molecule has 118 valence electrons. The van der Waals surface area contributed by atoms with E-state index in [9.17, 15) is 4.79 Å². The van der Waals surface area contributed by atoms with Crippen LogP contribution >= 0.6 is 0 Å². The number of ether oxygens (including phenoxy) is 2. The third kappa shape index (κ3) is 6.68. The van der Waals surface area contributed by atoms with Crippen molar-refractivity contribution in [1.29, 1.82) is 0 Å². The second-order valence-electron chi connectivity index (χ2n) is 5.23. The minimum absolute atomic E-state index is 0.0689. The third-order valence-electron chi connectivity index (χ3n) is 3.62.